The van der Waals surface area contributed by atoms with E-state index in [0.29, 0.717) is 13.2 Å². The van der Waals surface area contributed by atoms with Gasteiger partial charge in [-0.15, -0.1) is 0 Å². The molecule has 0 aliphatic carbocycles. The lowest BCUT2D eigenvalue weighted by Gasteiger charge is -2.38. The van der Waals surface area contributed by atoms with E-state index in [1.807, 2.05) is 6.92 Å². The Morgan fingerprint density at radius 1 is 1.53 bits per heavy atom. The number of carbonyl (C=O) groups is 1. The Kier molecular flexibility index (Phi) is 4.50. The molecule has 0 spiro atoms. The number of hydrogen-bond donors (Lipinski definition) is 3. The molecule has 1 aliphatic heterocycles. The van der Waals surface area contributed by atoms with Crippen molar-refractivity contribution in [1.29, 1.82) is 0 Å². The van der Waals surface area contributed by atoms with Crippen LogP contribution in [0.15, 0.2) is 0 Å². The van der Waals surface area contributed by atoms with Crippen LogP contribution in [0, 0.1) is 0 Å². The van der Waals surface area contributed by atoms with Crippen molar-refractivity contribution in [3.8, 4) is 0 Å². The van der Waals surface area contributed by atoms with Crippen molar-refractivity contribution in [3.05, 3.63) is 0 Å². The molecule has 1 atom stereocenters. The molecule has 0 bridgehead atoms. The van der Waals surface area contributed by atoms with Crippen LogP contribution in [0.4, 0.5) is 0 Å². The number of ether oxygens (including phenoxy) is 1. The first-order chi connectivity index (χ1) is 7.08. The molecule has 5 nitrogen and oxygen atoms in total. The second-order valence-corrected chi connectivity index (χ2v) is 4.19. The van der Waals surface area contributed by atoms with Crippen molar-refractivity contribution in [2.45, 2.75) is 37.8 Å². The maximum absolute atomic E-state index is 10.5. The average Bonchev–Trinajstić information content (AvgIpc) is 2.17. The molecule has 0 aromatic heterocycles. The van der Waals surface area contributed by atoms with E-state index in [1.165, 1.54) is 0 Å². The molecule has 1 saturated heterocycles. The zero-order chi connectivity index (χ0) is 11.3. The van der Waals surface area contributed by atoms with Gasteiger partial charge in [0.15, 0.2) is 0 Å². The van der Waals surface area contributed by atoms with E-state index >= 15 is 0 Å². The number of aliphatic hydroxyl groups excluding tert-OH is 1. The van der Waals surface area contributed by atoms with Gasteiger partial charge in [0.2, 0.25) is 0 Å². The summed E-state index contributed by atoms with van der Waals surface area (Å²) in [7, 11) is 0. The molecule has 0 radical (unpaired) electrons. The van der Waals surface area contributed by atoms with E-state index in [9.17, 15) is 9.90 Å². The highest BCUT2D eigenvalue weighted by Crippen LogP contribution is 2.21. The van der Waals surface area contributed by atoms with Gasteiger partial charge in [0, 0.05) is 24.8 Å². The van der Waals surface area contributed by atoms with Crippen molar-refractivity contribution in [2.24, 2.45) is 0 Å². The Morgan fingerprint density at radius 2 is 2.13 bits per heavy atom. The van der Waals surface area contributed by atoms with Gasteiger partial charge in [0.25, 0.3) is 0 Å². The molecule has 3 N–H and O–H groups in total. The number of nitrogens with one attached hydrogen (secondary N) is 1. The van der Waals surface area contributed by atoms with E-state index in [0.717, 1.165) is 12.8 Å². The summed E-state index contributed by atoms with van der Waals surface area (Å²) in [4.78, 5) is 10.5. The van der Waals surface area contributed by atoms with Gasteiger partial charge in [-0.05, 0) is 19.8 Å². The molecule has 0 saturated carbocycles. The van der Waals surface area contributed by atoms with Crippen LogP contribution in [-0.2, 0) is 9.53 Å². The van der Waals surface area contributed by atoms with Crippen LogP contribution in [0.3, 0.4) is 0 Å². The Balaban J connectivity index is 2.47. The quantitative estimate of drug-likeness (QED) is 0.603. The summed E-state index contributed by atoms with van der Waals surface area (Å²) in [5, 5.41) is 21.2. The summed E-state index contributed by atoms with van der Waals surface area (Å²) >= 11 is 0. The van der Waals surface area contributed by atoms with Crippen molar-refractivity contribution >= 4 is 5.97 Å². The first-order valence-corrected chi connectivity index (χ1v) is 5.26. The van der Waals surface area contributed by atoms with Crippen LogP contribution in [-0.4, -0.2) is 47.6 Å². The molecule has 1 heterocycles. The van der Waals surface area contributed by atoms with Crippen LogP contribution in [0.1, 0.15) is 26.2 Å². The van der Waals surface area contributed by atoms with Gasteiger partial charge in [0.1, 0.15) is 0 Å². The SMILES string of the molecule is CC(CC(=O)O)NC1(CO)CCOCC1. The third kappa shape index (κ3) is 3.77. The Labute approximate surface area is 89.4 Å². The van der Waals surface area contributed by atoms with Gasteiger partial charge in [-0.1, -0.05) is 0 Å². The van der Waals surface area contributed by atoms with Crippen LogP contribution in [0.2, 0.25) is 0 Å². The second-order valence-electron chi connectivity index (χ2n) is 4.19. The minimum Gasteiger partial charge on any atom is -0.481 e. The van der Waals surface area contributed by atoms with Crippen molar-refractivity contribution in [1.82, 2.24) is 5.32 Å². The highest BCUT2D eigenvalue weighted by Gasteiger charge is 2.33. The predicted molar refractivity (Wildman–Crippen MR) is 54.7 cm³/mol. The fraction of sp³-hybridized carbons (Fsp3) is 0.900. The third-order valence-corrected chi connectivity index (χ3v) is 2.79. The lowest BCUT2D eigenvalue weighted by Crippen LogP contribution is -2.55. The lowest BCUT2D eigenvalue weighted by molar-refractivity contribution is -0.137. The molecule has 0 aromatic carbocycles. The van der Waals surface area contributed by atoms with Crippen LogP contribution in [0.5, 0.6) is 0 Å². The fourth-order valence-corrected chi connectivity index (χ4v) is 1.95. The van der Waals surface area contributed by atoms with E-state index in [4.69, 9.17) is 9.84 Å². The Bertz CT molecular complexity index is 213. The van der Waals surface area contributed by atoms with Crippen LogP contribution >= 0.6 is 0 Å². The molecule has 88 valence electrons. The molecule has 15 heavy (non-hydrogen) atoms. The Morgan fingerprint density at radius 3 is 2.60 bits per heavy atom. The number of rotatable bonds is 5. The monoisotopic (exact) mass is 217 g/mol. The van der Waals surface area contributed by atoms with E-state index in [2.05, 4.69) is 5.32 Å². The topological polar surface area (TPSA) is 78.8 Å². The molecule has 0 amide bonds. The van der Waals surface area contributed by atoms with Gasteiger partial charge in [-0.2, -0.15) is 0 Å². The maximum atomic E-state index is 10.5. The molecular formula is C10H19NO4. The molecule has 1 fully saturated rings. The maximum Gasteiger partial charge on any atom is 0.304 e. The summed E-state index contributed by atoms with van der Waals surface area (Å²) in [6.45, 7) is 3.09. The first kappa shape index (κ1) is 12.4. The minimum absolute atomic E-state index is 0.0281. The standard InChI is InChI=1S/C10H19NO4/c1-8(6-9(13)14)11-10(7-12)2-4-15-5-3-10/h8,11-12H,2-7H2,1H3,(H,13,14). The number of carboxylic acid groups (broad SMARTS) is 1. The number of aliphatic carboxylic acids is 1. The zero-order valence-corrected chi connectivity index (χ0v) is 9.03. The summed E-state index contributed by atoms with van der Waals surface area (Å²) in [6, 6.07) is -0.132. The third-order valence-electron chi connectivity index (χ3n) is 2.79. The Hall–Kier alpha value is -0.650. The average molecular weight is 217 g/mol. The fourth-order valence-electron chi connectivity index (χ4n) is 1.95. The molecule has 5 heteroatoms. The molecular weight excluding hydrogens is 198 g/mol. The normalized spacial score (nSPS) is 22.3. The van der Waals surface area contributed by atoms with Crippen LogP contribution < -0.4 is 5.32 Å². The number of carboxylic acids is 1. The van der Waals surface area contributed by atoms with Crippen molar-refractivity contribution in [2.75, 3.05) is 19.8 Å². The molecule has 1 aliphatic rings. The van der Waals surface area contributed by atoms with Crippen LogP contribution in [0.25, 0.3) is 0 Å². The number of aliphatic hydroxyl groups is 1. The summed E-state index contributed by atoms with van der Waals surface area (Å²) in [5.41, 5.74) is -0.354. The minimum atomic E-state index is -0.824. The van der Waals surface area contributed by atoms with Crippen molar-refractivity contribution < 1.29 is 19.7 Å². The zero-order valence-electron chi connectivity index (χ0n) is 9.03. The van der Waals surface area contributed by atoms with E-state index in [-0.39, 0.29) is 24.6 Å². The number of hydrogen-bond acceptors (Lipinski definition) is 4. The summed E-state index contributed by atoms with van der Waals surface area (Å²) < 4.78 is 5.22. The van der Waals surface area contributed by atoms with Gasteiger partial charge < -0.3 is 20.3 Å². The van der Waals surface area contributed by atoms with E-state index < -0.39 is 5.97 Å². The highest BCUT2D eigenvalue weighted by molar-refractivity contribution is 5.67. The van der Waals surface area contributed by atoms with Gasteiger partial charge >= 0.3 is 5.97 Å². The van der Waals surface area contributed by atoms with Gasteiger partial charge in [-0.25, -0.2) is 0 Å². The smallest absolute Gasteiger partial charge is 0.304 e. The van der Waals surface area contributed by atoms with Gasteiger partial charge in [-0.3, -0.25) is 4.79 Å². The lowest BCUT2D eigenvalue weighted by atomic mass is 9.90. The van der Waals surface area contributed by atoms with Gasteiger partial charge in [0.05, 0.1) is 13.0 Å². The molecule has 1 unspecified atom stereocenters. The largest absolute Gasteiger partial charge is 0.481 e. The highest BCUT2D eigenvalue weighted by atomic mass is 16.5. The van der Waals surface area contributed by atoms with Crippen molar-refractivity contribution in [3.63, 3.8) is 0 Å². The summed E-state index contributed by atoms with van der Waals surface area (Å²) in [5.74, 6) is -0.824. The van der Waals surface area contributed by atoms with E-state index in [1.54, 1.807) is 0 Å². The molecule has 0 aromatic rings. The first-order valence-electron chi connectivity index (χ1n) is 5.26. The summed E-state index contributed by atoms with van der Waals surface area (Å²) in [6.07, 6.45) is 1.53. The second kappa shape index (κ2) is 5.44. The molecule has 1 rings (SSSR count). The predicted octanol–water partition coefficient (Wildman–Crippen LogP) is -0.0193.